The summed E-state index contributed by atoms with van der Waals surface area (Å²) in [6.45, 7) is 14.7. The molecule has 2 aromatic carbocycles. The number of ketones is 1. The van der Waals surface area contributed by atoms with Crippen molar-refractivity contribution in [3.8, 4) is 5.75 Å². The summed E-state index contributed by atoms with van der Waals surface area (Å²) in [5.41, 5.74) is 3.34. The first kappa shape index (κ1) is 26.9. The van der Waals surface area contributed by atoms with E-state index < -0.39 is 17.7 Å². The van der Waals surface area contributed by atoms with Gasteiger partial charge in [-0.3, -0.25) is 14.5 Å². The minimum atomic E-state index is -0.666. The number of aliphatic hydroxyl groups excluding tert-OH is 1. The van der Waals surface area contributed by atoms with Crippen LogP contribution in [-0.4, -0.2) is 72.6 Å². The lowest BCUT2D eigenvalue weighted by Gasteiger charge is -2.31. The Morgan fingerprint density at radius 2 is 1.73 bits per heavy atom. The third-order valence-electron chi connectivity index (χ3n) is 7.16. The van der Waals surface area contributed by atoms with E-state index in [9.17, 15) is 14.7 Å². The van der Waals surface area contributed by atoms with Crippen LogP contribution in [-0.2, 0) is 19.7 Å². The van der Waals surface area contributed by atoms with Crippen LogP contribution in [0.1, 0.15) is 56.0 Å². The molecule has 2 aliphatic rings. The highest BCUT2D eigenvalue weighted by atomic mass is 16.5. The predicted molar refractivity (Wildman–Crippen MR) is 144 cm³/mol. The number of morpholine rings is 1. The molecule has 37 heavy (non-hydrogen) atoms. The second-order valence-electron chi connectivity index (χ2n) is 10.7. The fourth-order valence-corrected chi connectivity index (χ4v) is 5.00. The highest BCUT2D eigenvalue weighted by molar-refractivity contribution is 6.46. The second kappa shape index (κ2) is 11.1. The van der Waals surface area contributed by atoms with Gasteiger partial charge in [-0.25, -0.2) is 0 Å². The van der Waals surface area contributed by atoms with Crippen LogP contribution in [0.3, 0.4) is 0 Å². The average molecular weight is 507 g/mol. The van der Waals surface area contributed by atoms with Crippen molar-refractivity contribution >= 4 is 17.4 Å². The van der Waals surface area contributed by atoms with Gasteiger partial charge in [0.15, 0.2) is 0 Å². The number of hydrogen-bond donors (Lipinski definition) is 1. The van der Waals surface area contributed by atoms with Crippen LogP contribution in [0.4, 0.5) is 0 Å². The van der Waals surface area contributed by atoms with Gasteiger partial charge in [-0.15, -0.1) is 0 Å². The van der Waals surface area contributed by atoms with Gasteiger partial charge in [-0.05, 0) is 54.2 Å². The summed E-state index contributed by atoms with van der Waals surface area (Å²) in [7, 11) is 0. The number of aryl methyl sites for hydroxylation is 1. The van der Waals surface area contributed by atoms with E-state index in [-0.39, 0.29) is 16.7 Å². The van der Waals surface area contributed by atoms with E-state index >= 15 is 0 Å². The predicted octanol–water partition coefficient (Wildman–Crippen LogP) is 4.45. The molecular formula is C30H38N2O5. The molecule has 1 atom stereocenters. The molecule has 0 aromatic heterocycles. The number of benzene rings is 2. The molecule has 198 valence electrons. The van der Waals surface area contributed by atoms with E-state index in [1.807, 2.05) is 44.2 Å². The Hall–Kier alpha value is -3.16. The first-order chi connectivity index (χ1) is 17.6. The SMILES string of the molecule is CCOc1ccc(/C(O)=C2\C(=O)C(=O)N(CCN3CCOCC3)C2c2ccc(C(C)(C)C)cc2)c(C)c1. The van der Waals surface area contributed by atoms with Crippen LogP contribution in [0.15, 0.2) is 48.0 Å². The molecule has 7 nitrogen and oxygen atoms in total. The summed E-state index contributed by atoms with van der Waals surface area (Å²) in [5, 5.41) is 11.5. The van der Waals surface area contributed by atoms with E-state index in [0.717, 1.165) is 29.8 Å². The number of rotatable bonds is 7. The molecule has 0 bridgehead atoms. The summed E-state index contributed by atoms with van der Waals surface area (Å²) in [5.74, 6) is -0.699. The molecule has 4 rings (SSSR count). The Bertz CT molecular complexity index is 1170. The molecule has 0 radical (unpaired) electrons. The fourth-order valence-electron chi connectivity index (χ4n) is 5.00. The third kappa shape index (κ3) is 5.73. The molecule has 7 heteroatoms. The number of aliphatic hydroxyl groups is 1. The van der Waals surface area contributed by atoms with Gasteiger partial charge in [0, 0.05) is 31.7 Å². The number of nitrogens with zero attached hydrogens (tertiary/aromatic N) is 2. The number of amides is 1. The Balaban J connectivity index is 1.76. The van der Waals surface area contributed by atoms with Gasteiger partial charge < -0.3 is 19.5 Å². The second-order valence-corrected chi connectivity index (χ2v) is 10.7. The maximum absolute atomic E-state index is 13.4. The number of hydrogen-bond acceptors (Lipinski definition) is 6. The van der Waals surface area contributed by atoms with Crippen LogP contribution in [0.25, 0.3) is 5.76 Å². The third-order valence-corrected chi connectivity index (χ3v) is 7.16. The average Bonchev–Trinajstić information content (AvgIpc) is 3.12. The Kier molecular flexibility index (Phi) is 8.05. The topological polar surface area (TPSA) is 79.3 Å². The lowest BCUT2D eigenvalue weighted by molar-refractivity contribution is -0.140. The van der Waals surface area contributed by atoms with Crippen molar-refractivity contribution in [2.24, 2.45) is 0 Å². The maximum atomic E-state index is 13.4. The molecule has 1 unspecified atom stereocenters. The molecule has 1 amide bonds. The smallest absolute Gasteiger partial charge is 0.295 e. The first-order valence-corrected chi connectivity index (χ1v) is 13.0. The molecule has 2 saturated heterocycles. The van der Waals surface area contributed by atoms with E-state index in [1.165, 1.54) is 0 Å². The molecule has 2 aliphatic heterocycles. The molecule has 0 aliphatic carbocycles. The lowest BCUT2D eigenvalue weighted by atomic mass is 9.85. The fraction of sp³-hybridized carbons (Fsp3) is 0.467. The highest BCUT2D eigenvalue weighted by Crippen LogP contribution is 2.40. The minimum absolute atomic E-state index is 0.0317. The van der Waals surface area contributed by atoms with Crippen LogP contribution in [0.5, 0.6) is 5.75 Å². The molecular weight excluding hydrogens is 468 g/mol. The molecule has 0 spiro atoms. The summed E-state index contributed by atoms with van der Waals surface area (Å²) in [6, 6.07) is 12.7. The van der Waals surface area contributed by atoms with E-state index in [1.54, 1.807) is 17.0 Å². The standard InChI is InChI=1S/C30H38N2O5/c1-6-37-23-11-12-24(20(2)19-23)27(33)25-26(21-7-9-22(10-8-21)30(3,4)5)32(29(35)28(25)34)14-13-31-15-17-36-18-16-31/h7-12,19,26,33H,6,13-18H2,1-5H3/b27-25+. The Morgan fingerprint density at radius 3 is 2.32 bits per heavy atom. The number of Topliss-reactive ketones (excluding diaryl/α,β-unsaturated/α-hetero) is 1. The number of likely N-dealkylation sites (tertiary alicyclic amines) is 1. The van der Waals surface area contributed by atoms with Gasteiger partial charge in [-0.1, -0.05) is 45.0 Å². The summed E-state index contributed by atoms with van der Waals surface area (Å²) < 4.78 is 11.0. The zero-order chi connectivity index (χ0) is 26.7. The van der Waals surface area contributed by atoms with Crippen LogP contribution in [0, 0.1) is 6.92 Å². The van der Waals surface area contributed by atoms with Gasteiger partial charge in [0.2, 0.25) is 0 Å². The highest BCUT2D eigenvalue weighted by Gasteiger charge is 2.46. The zero-order valence-electron chi connectivity index (χ0n) is 22.5. The Morgan fingerprint density at radius 1 is 1.05 bits per heavy atom. The summed E-state index contributed by atoms with van der Waals surface area (Å²) >= 11 is 0. The van der Waals surface area contributed by atoms with E-state index in [2.05, 4.69) is 25.7 Å². The normalized spacial score (nSPS) is 20.5. The Labute approximate surface area is 219 Å². The van der Waals surface area contributed by atoms with Gasteiger partial charge in [0.25, 0.3) is 11.7 Å². The van der Waals surface area contributed by atoms with Crippen molar-refractivity contribution in [2.45, 2.75) is 46.1 Å². The van der Waals surface area contributed by atoms with E-state index in [0.29, 0.717) is 44.2 Å². The quantitative estimate of drug-likeness (QED) is 0.340. The van der Waals surface area contributed by atoms with Crippen molar-refractivity contribution in [3.05, 3.63) is 70.3 Å². The van der Waals surface area contributed by atoms with Crippen molar-refractivity contribution in [2.75, 3.05) is 46.0 Å². The molecule has 2 aromatic rings. The minimum Gasteiger partial charge on any atom is -0.507 e. The molecule has 0 saturated carbocycles. The van der Waals surface area contributed by atoms with Crippen LogP contribution in [0.2, 0.25) is 0 Å². The van der Waals surface area contributed by atoms with Crippen molar-refractivity contribution in [1.82, 2.24) is 9.80 Å². The molecule has 2 heterocycles. The number of carbonyl (C=O) groups is 2. The van der Waals surface area contributed by atoms with Gasteiger partial charge in [-0.2, -0.15) is 0 Å². The van der Waals surface area contributed by atoms with E-state index in [4.69, 9.17) is 9.47 Å². The largest absolute Gasteiger partial charge is 0.507 e. The van der Waals surface area contributed by atoms with Gasteiger partial charge >= 0.3 is 0 Å². The van der Waals surface area contributed by atoms with Crippen molar-refractivity contribution < 1.29 is 24.2 Å². The summed E-state index contributed by atoms with van der Waals surface area (Å²) in [6.07, 6.45) is 0. The van der Waals surface area contributed by atoms with Crippen LogP contribution < -0.4 is 4.74 Å². The lowest BCUT2D eigenvalue weighted by Crippen LogP contribution is -2.42. The summed E-state index contributed by atoms with van der Waals surface area (Å²) in [4.78, 5) is 30.6. The monoisotopic (exact) mass is 506 g/mol. The van der Waals surface area contributed by atoms with Crippen molar-refractivity contribution in [3.63, 3.8) is 0 Å². The van der Waals surface area contributed by atoms with Crippen molar-refractivity contribution in [1.29, 1.82) is 0 Å². The van der Waals surface area contributed by atoms with Gasteiger partial charge in [0.1, 0.15) is 11.5 Å². The maximum Gasteiger partial charge on any atom is 0.295 e. The molecule has 2 fully saturated rings. The zero-order valence-corrected chi connectivity index (χ0v) is 22.5. The first-order valence-electron chi connectivity index (χ1n) is 13.0. The number of ether oxygens (including phenoxy) is 2. The molecule has 1 N–H and O–H groups in total. The van der Waals surface area contributed by atoms with Crippen LogP contribution >= 0.6 is 0 Å². The number of carbonyl (C=O) groups excluding carboxylic acids is 2. The van der Waals surface area contributed by atoms with Gasteiger partial charge in [0.05, 0.1) is 31.4 Å².